The topological polar surface area (TPSA) is 33.7 Å². The smallest absolute Gasteiger partial charge is 0.138 e. The number of hydrogen-bond donors (Lipinski definition) is 1. The Morgan fingerprint density at radius 3 is 2.78 bits per heavy atom. The van der Waals surface area contributed by atoms with Crippen LogP contribution < -0.4 is 10.1 Å². The molecule has 4 nitrogen and oxygen atoms in total. The van der Waals surface area contributed by atoms with E-state index >= 15 is 0 Å². The Labute approximate surface area is 156 Å². The lowest BCUT2D eigenvalue weighted by Crippen LogP contribution is -2.37. The summed E-state index contributed by atoms with van der Waals surface area (Å²) in [6.45, 7) is 9.70. The Bertz CT molecular complexity index is 480. The van der Waals surface area contributed by atoms with Crippen molar-refractivity contribution in [2.45, 2.75) is 26.3 Å². The normalized spacial score (nSPS) is 15.8. The molecule has 1 aromatic rings. The molecule has 0 amide bonds. The van der Waals surface area contributed by atoms with Gasteiger partial charge in [0.2, 0.25) is 0 Å². The molecule has 0 saturated carbocycles. The van der Waals surface area contributed by atoms with E-state index in [0.29, 0.717) is 0 Å². The number of hydrogen-bond acceptors (Lipinski definition) is 4. The third-order valence-electron chi connectivity index (χ3n) is 3.78. The van der Waals surface area contributed by atoms with E-state index in [1.807, 2.05) is 6.07 Å². The van der Waals surface area contributed by atoms with Gasteiger partial charge in [-0.15, -0.1) is 0 Å². The Kier molecular flexibility index (Phi) is 8.90. The van der Waals surface area contributed by atoms with Crippen molar-refractivity contribution in [3.63, 3.8) is 0 Å². The molecule has 1 aromatic carbocycles. The Hall–Kier alpha value is -0.140. The van der Waals surface area contributed by atoms with Crippen LogP contribution in [0.1, 0.15) is 25.3 Å². The lowest BCUT2D eigenvalue weighted by atomic mass is 10.2. The second kappa shape index (κ2) is 10.7. The molecule has 0 aliphatic carbocycles. The van der Waals surface area contributed by atoms with Crippen molar-refractivity contribution in [2.75, 3.05) is 46.0 Å². The molecule has 1 N–H and O–H groups in total. The van der Waals surface area contributed by atoms with E-state index in [4.69, 9.17) is 9.47 Å². The molecule has 1 fully saturated rings. The second-order valence-electron chi connectivity index (χ2n) is 5.71. The third-order valence-corrected chi connectivity index (χ3v) is 4.83. The standard InChI is InChI=1S/C17H26Br2N2O2/c1-2-8-23-17-14(11-15(18)12-16(17)19)13-20-4-3-5-21-6-9-22-10-7-21/h11-12,20H,2-10,13H2,1H3. The summed E-state index contributed by atoms with van der Waals surface area (Å²) in [6, 6.07) is 4.16. The van der Waals surface area contributed by atoms with Gasteiger partial charge in [0.15, 0.2) is 0 Å². The van der Waals surface area contributed by atoms with Crippen LogP contribution in [0.5, 0.6) is 5.75 Å². The average molecular weight is 450 g/mol. The van der Waals surface area contributed by atoms with Gasteiger partial charge in [-0.2, -0.15) is 0 Å². The molecular formula is C17H26Br2N2O2. The van der Waals surface area contributed by atoms with E-state index in [0.717, 1.165) is 80.1 Å². The van der Waals surface area contributed by atoms with Crippen molar-refractivity contribution in [3.8, 4) is 5.75 Å². The molecule has 1 heterocycles. The molecule has 0 bridgehead atoms. The van der Waals surface area contributed by atoms with Gasteiger partial charge < -0.3 is 14.8 Å². The minimum Gasteiger partial charge on any atom is -0.492 e. The number of rotatable bonds is 9. The summed E-state index contributed by atoms with van der Waals surface area (Å²) in [6.07, 6.45) is 2.16. The molecule has 0 spiro atoms. The molecule has 6 heteroatoms. The summed E-state index contributed by atoms with van der Waals surface area (Å²) in [5, 5.41) is 3.53. The molecule has 0 radical (unpaired) electrons. The highest BCUT2D eigenvalue weighted by Crippen LogP contribution is 2.33. The van der Waals surface area contributed by atoms with Gasteiger partial charge in [-0.1, -0.05) is 22.9 Å². The maximum Gasteiger partial charge on any atom is 0.138 e. The Morgan fingerprint density at radius 2 is 2.04 bits per heavy atom. The summed E-state index contributed by atoms with van der Waals surface area (Å²) < 4.78 is 13.3. The van der Waals surface area contributed by atoms with Crippen molar-refractivity contribution >= 4 is 31.9 Å². The SMILES string of the molecule is CCCOc1c(Br)cc(Br)cc1CNCCCN1CCOCC1. The highest BCUT2D eigenvalue weighted by molar-refractivity contribution is 9.11. The predicted molar refractivity (Wildman–Crippen MR) is 101 cm³/mol. The summed E-state index contributed by atoms with van der Waals surface area (Å²) in [5.41, 5.74) is 1.19. The van der Waals surface area contributed by atoms with Crippen LogP contribution >= 0.6 is 31.9 Å². The van der Waals surface area contributed by atoms with E-state index in [1.165, 1.54) is 5.56 Å². The maximum atomic E-state index is 5.89. The largest absolute Gasteiger partial charge is 0.492 e. The fourth-order valence-corrected chi connectivity index (χ4v) is 4.01. The van der Waals surface area contributed by atoms with Crippen LogP contribution in [0.15, 0.2) is 21.1 Å². The van der Waals surface area contributed by atoms with Gasteiger partial charge in [0.05, 0.1) is 24.3 Å². The first kappa shape index (κ1) is 19.2. The van der Waals surface area contributed by atoms with Gasteiger partial charge in [0.25, 0.3) is 0 Å². The van der Waals surface area contributed by atoms with Gasteiger partial charge in [0, 0.05) is 29.7 Å². The summed E-state index contributed by atoms with van der Waals surface area (Å²) in [4.78, 5) is 2.47. The molecule has 0 aromatic heterocycles. The van der Waals surface area contributed by atoms with Crippen LogP contribution in [-0.4, -0.2) is 50.9 Å². The molecule has 23 heavy (non-hydrogen) atoms. The van der Waals surface area contributed by atoms with Crippen molar-refractivity contribution in [3.05, 3.63) is 26.6 Å². The summed E-state index contributed by atoms with van der Waals surface area (Å²) in [7, 11) is 0. The van der Waals surface area contributed by atoms with Crippen LogP contribution in [0, 0.1) is 0 Å². The molecule has 2 rings (SSSR count). The van der Waals surface area contributed by atoms with E-state index in [2.05, 4.69) is 55.1 Å². The monoisotopic (exact) mass is 448 g/mol. The van der Waals surface area contributed by atoms with Gasteiger partial charge in [-0.3, -0.25) is 4.90 Å². The van der Waals surface area contributed by atoms with Gasteiger partial charge >= 0.3 is 0 Å². The lowest BCUT2D eigenvalue weighted by Gasteiger charge is -2.26. The third kappa shape index (κ3) is 6.70. The molecular weight excluding hydrogens is 424 g/mol. The fourth-order valence-electron chi connectivity index (χ4n) is 2.59. The quantitative estimate of drug-likeness (QED) is 0.581. The zero-order valence-electron chi connectivity index (χ0n) is 13.7. The van der Waals surface area contributed by atoms with Crippen molar-refractivity contribution in [2.24, 2.45) is 0 Å². The highest BCUT2D eigenvalue weighted by Gasteiger charge is 2.11. The van der Waals surface area contributed by atoms with Crippen LogP contribution in [0.25, 0.3) is 0 Å². The number of ether oxygens (including phenoxy) is 2. The molecule has 130 valence electrons. The first-order chi connectivity index (χ1) is 11.2. The maximum absolute atomic E-state index is 5.89. The van der Waals surface area contributed by atoms with Crippen molar-refractivity contribution in [1.29, 1.82) is 0 Å². The Morgan fingerprint density at radius 1 is 1.26 bits per heavy atom. The minimum absolute atomic E-state index is 0.740. The van der Waals surface area contributed by atoms with Crippen LogP contribution in [-0.2, 0) is 11.3 Å². The van der Waals surface area contributed by atoms with Gasteiger partial charge in [0.1, 0.15) is 5.75 Å². The average Bonchev–Trinajstić information content (AvgIpc) is 2.54. The van der Waals surface area contributed by atoms with Gasteiger partial charge in [-0.05, 0) is 54.0 Å². The fraction of sp³-hybridized carbons (Fsp3) is 0.647. The highest BCUT2D eigenvalue weighted by atomic mass is 79.9. The Balaban J connectivity index is 1.77. The van der Waals surface area contributed by atoms with Crippen LogP contribution in [0.2, 0.25) is 0 Å². The molecule has 1 aliphatic rings. The van der Waals surface area contributed by atoms with Crippen molar-refractivity contribution < 1.29 is 9.47 Å². The summed E-state index contributed by atoms with van der Waals surface area (Å²) in [5.74, 6) is 0.954. The van der Waals surface area contributed by atoms with Crippen LogP contribution in [0.3, 0.4) is 0 Å². The van der Waals surface area contributed by atoms with Gasteiger partial charge in [-0.25, -0.2) is 0 Å². The first-order valence-corrected chi connectivity index (χ1v) is 9.91. The van der Waals surface area contributed by atoms with E-state index in [-0.39, 0.29) is 0 Å². The number of nitrogens with one attached hydrogen (secondary N) is 1. The number of nitrogens with zero attached hydrogens (tertiary/aromatic N) is 1. The number of halogens is 2. The number of benzene rings is 1. The van der Waals surface area contributed by atoms with Crippen LogP contribution in [0.4, 0.5) is 0 Å². The summed E-state index contributed by atoms with van der Waals surface area (Å²) >= 11 is 7.16. The lowest BCUT2D eigenvalue weighted by molar-refractivity contribution is 0.0374. The van der Waals surface area contributed by atoms with Crippen molar-refractivity contribution in [1.82, 2.24) is 10.2 Å². The van der Waals surface area contributed by atoms with E-state index < -0.39 is 0 Å². The first-order valence-electron chi connectivity index (χ1n) is 8.32. The molecule has 1 saturated heterocycles. The minimum atomic E-state index is 0.740. The second-order valence-corrected chi connectivity index (χ2v) is 7.48. The zero-order chi connectivity index (χ0) is 16.5. The molecule has 0 atom stereocenters. The molecule has 1 aliphatic heterocycles. The predicted octanol–water partition coefficient (Wildman–Crippen LogP) is 3.81. The van der Waals surface area contributed by atoms with E-state index in [9.17, 15) is 0 Å². The number of morpholine rings is 1. The zero-order valence-corrected chi connectivity index (χ0v) is 16.9. The van der Waals surface area contributed by atoms with E-state index in [1.54, 1.807) is 0 Å². The molecule has 0 unspecified atom stereocenters.